The minimum absolute atomic E-state index is 0.0362. The molecule has 0 aliphatic heterocycles. The van der Waals surface area contributed by atoms with Crippen LogP contribution in [0.4, 0.5) is 14.9 Å². The molecule has 0 saturated carbocycles. The van der Waals surface area contributed by atoms with E-state index in [9.17, 15) is 19.1 Å². The molecule has 0 bridgehead atoms. The first-order valence-electron chi connectivity index (χ1n) is 5.18. The third kappa shape index (κ3) is 4.08. The number of urea groups is 1. The first-order chi connectivity index (χ1) is 8.74. The fourth-order valence-corrected chi connectivity index (χ4v) is 1.27. The standard InChI is InChI=1S/C11H12ClFN2O4/c1-11(19,9(16)17)5-14-10(18)15-7-4-2-3-6(13)8(7)12/h2-4,19H,5H2,1H3,(H,16,17)(H2,14,15,18). The second kappa shape index (κ2) is 5.85. The van der Waals surface area contributed by atoms with Crippen LogP contribution >= 0.6 is 11.6 Å². The summed E-state index contributed by atoms with van der Waals surface area (Å²) in [6.45, 7) is 0.520. The quantitative estimate of drug-likeness (QED) is 0.674. The van der Waals surface area contributed by atoms with Crippen LogP contribution in [0.3, 0.4) is 0 Å². The van der Waals surface area contributed by atoms with E-state index in [1.54, 1.807) is 0 Å². The Morgan fingerprint density at radius 1 is 1.47 bits per heavy atom. The van der Waals surface area contributed by atoms with Crippen LogP contribution in [0.25, 0.3) is 0 Å². The van der Waals surface area contributed by atoms with Crippen molar-refractivity contribution in [3.05, 3.63) is 29.0 Å². The lowest BCUT2D eigenvalue weighted by Crippen LogP contribution is -2.47. The van der Waals surface area contributed by atoms with Gasteiger partial charge in [0, 0.05) is 0 Å². The number of carboxylic acids is 1. The normalized spacial score (nSPS) is 13.5. The minimum atomic E-state index is -2.09. The van der Waals surface area contributed by atoms with Crippen LogP contribution in [-0.2, 0) is 4.79 Å². The Morgan fingerprint density at radius 2 is 2.11 bits per heavy atom. The summed E-state index contributed by atoms with van der Waals surface area (Å²) in [5, 5.41) is 22.1. The van der Waals surface area contributed by atoms with Crippen molar-refractivity contribution < 1.29 is 24.2 Å². The van der Waals surface area contributed by atoms with Crippen LogP contribution < -0.4 is 10.6 Å². The number of anilines is 1. The number of hydrogen-bond donors (Lipinski definition) is 4. The van der Waals surface area contributed by atoms with Gasteiger partial charge >= 0.3 is 12.0 Å². The molecule has 0 fully saturated rings. The topological polar surface area (TPSA) is 98.7 Å². The number of amides is 2. The van der Waals surface area contributed by atoms with Gasteiger partial charge in [-0.1, -0.05) is 17.7 Å². The number of nitrogens with one attached hydrogen (secondary N) is 2. The maximum atomic E-state index is 13.1. The fourth-order valence-electron chi connectivity index (χ4n) is 1.09. The summed E-state index contributed by atoms with van der Waals surface area (Å²) in [5.41, 5.74) is -2.06. The Hall–Kier alpha value is -1.86. The molecule has 0 aromatic heterocycles. The van der Waals surface area contributed by atoms with Crippen molar-refractivity contribution in [2.75, 3.05) is 11.9 Å². The van der Waals surface area contributed by atoms with E-state index in [1.807, 2.05) is 0 Å². The van der Waals surface area contributed by atoms with E-state index in [2.05, 4.69) is 10.6 Å². The lowest BCUT2D eigenvalue weighted by atomic mass is 10.1. The van der Waals surface area contributed by atoms with Gasteiger partial charge in [0.25, 0.3) is 0 Å². The monoisotopic (exact) mass is 290 g/mol. The Balaban J connectivity index is 2.62. The minimum Gasteiger partial charge on any atom is -0.479 e. The number of carbonyl (C=O) groups excluding carboxylic acids is 1. The number of rotatable bonds is 4. The lowest BCUT2D eigenvalue weighted by Gasteiger charge is -2.18. The molecular weight excluding hydrogens is 279 g/mol. The summed E-state index contributed by atoms with van der Waals surface area (Å²) < 4.78 is 13.1. The highest BCUT2D eigenvalue weighted by Crippen LogP contribution is 2.24. The SMILES string of the molecule is CC(O)(CNC(=O)Nc1cccc(F)c1Cl)C(=O)O. The molecule has 2 amide bonds. The first-order valence-corrected chi connectivity index (χ1v) is 5.56. The molecule has 0 aliphatic carbocycles. The van der Waals surface area contributed by atoms with Crippen molar-refractivity contribution in [2.24, 2.45) is 0 Å². The van der Waals surface area contributed by atoms with E-state index in [1.165, 1.54) is 12.1 Å². The molecule has 1 aromatic rings. The summed E-state index contributed by atoms with van der Waals surface area (Å²) in [4.78, 5) is 22.0. The number of carboxylic acid groups (broad SMARTS) is 1. The number of hydrogen-bond acceptors (Lipinski definition) is 3. The average Bonchev–Trinajstić information content (AvgIpc) is 2.32. The molecule has 1 unspecified atom stereocenters. The Morgan fingerprint density at radius 3 is 2.68 bits per heavy atom. The van der Waals surface area contributed by atoms with Crippen LogP contribution in [0, 0.1) is 5.82 Å². The average molecular weight is 291 g/mol. The van der Waals surface area contributed by atoms with Gasteiger partial charge in [0.1, 0.15) is 5.82 Å². The molecule has 0 radical (unpaired) electrons. The van der Waals surface area contributed by atoms with Gasteiger partial charge in [0.05, 0.1) is 17.3 Å². The van der Waals surface area contributed by atoms with E-state index in [4.69, 9.17) is 16.7 Å². The second-order valence-electron chi connectivity index (χ2n) is 3.99. The van der Waals surface area contributed by atoms with Crippen molar-refractivity contribution >= 4 is 29.3 Å². The summed E-state index contributed by atoms with van der Waals surface area (Å²) in [6.07, 6.45) is 0. The number of aliphatic hydroxyl groups is 1. The fraction of sp³-hybridized carbons (Fsp3) is 0.273. The molecule has 4 N–H and O–H groups in total. The van der Waals surface area contributed by atoms with Crippen LogP contribution in [0.5, 0.6) is 0 Å². The molecule has 1 rings (SSSR count). The molecule has 6 nitrogen and oxygen atoms in total. The lowest BCUT2D eigenvalue weighted by molar-refractivity contribution is -0.155. The molecule has 0 spiro atoms. The van der Waals surface area contributed by atoms with Crippen LogP contribution in [0.15, 0.2) is 18.2 Å². The summed E-state index contributed by atoms with van der Waals surface area (Å²) >= 11 is 5.62. The highest BCUT2D eigenvalue weighted by atomic mass is 35.5. The van der Waals surface area contributed by atoms with Crippen molar-refractivity contribution in [2.45, 2.75) is 12.5 Å². The largest absolute Gasteiger partial charge is 0.479 e. The summed E-state index contributed by atoms with van der Waals surface area (Å²) in [7, 11) is 0. The zero-order valence-corrected chi connectivity index (χ0v) is 10.7. The van der Waals surface area contributed by atoms with E-state index in [0.29, 0.717) is 0 Å². The van der Waals surface area contributed by atoms with Gasteiger partial charge in [-0.3, -0.25) is 0 Å². The zero-order chi connectivity index (χ0) is 14.6. The Labute approximate surface area is 113 Å². The van der Waals surface area contributed by atoms with E-state index in [-0.39, 0.29) is 10.7 Å². The van der Waals surface area contributed by atoms with Gasteiger partial charge in [0.2, 0.25) is 0 Å². The maximum Gasteiger partial charge on any atom is 0.337 e. The maximum absolute atomic E-state index is 13.1. The highest BCUT2D eigenvalue weighted by Gasteiger charge is 2.30. The van der Waals surface area contributed by atoms with Gasteiger partial charge in [-0.2, -0.15) is 0 Å². The van der Waals surface area contributed by atoms with Gasteiger partial charge in [-0.25, -0.2) is 14.0 Å². The predicted octanol–water partition coefficient (Wildman–Crippen LogP) is 1.44. The van der Waals surface area contributed by atoms with E-state index in [0.717, 1.165) is 13.0 Å². The van der Waals surface area contributed by atoms with Crippen molar-refractivity contribution in [1.29, 1.82) is 0 Å². The van der Waals surface area contributed by atoms with Crippen LogP contribution in [-0.4, -0.2) is 34.4 Å². The van der Waals surface area contributed by atoms with Crippen molar-refractivity contribution in [3.63, 3.8) is 0 Å². The van der Waals surface area contributed by atoms with Gasteiger partial charge in [0.15, 0.2) is 5.60 Å². The molecule has 0 heterocycles. The molecule has 19 heavy (non-hydrogen) atoms. The first kappa shape index (κ1) is 15.2. The Bertz CT molecular complexity index is 507. The van der Waals surface area contributed by atoms with E-state index < -0.39 is 30.0 Å². The molecule has 1 atom stereocenters. The summed E-state index contributed by atoms with van der Waals surface area (Å²) in [6, 6.07) is 3.04. The van der Waals surface area contributed by atoms with Crippen molar-refractivity contribution in [3.8, 4) is 0 Å². The third-order valence-corrected chi connectivity index (χ3v) is 2.64. The Kier molecular flexibility index (Phi) is 4.68. The van der Waals surface area contributed by atoms with E-state index >= 15 is 0 Å². The molecule has 1 aromatic carbocycles. The van der Waals surface area contributed by atoms with Gasteiger partial charge in [-0.05, 0) is 19.1 Å². The zero-order valence-electron chi connectivity index (χ0n) is 9.91. The molecule has 104 valence electrons. The second-order valence-corrected chi connectivity index (χ2v) is 4.37. The third-order valence-electron chi connectivity index (χ3n) is 2.25. The number of aliphatic carboxylic acids is 1. The van der Waals surface area contributed by atoms with Crippen LogP contribution in [0.1, 0.15) is 6.92 Å². The summed E-state index contributed by atoms with van der Waals surface area (Å²) in [5.74, 6) is -2.17. The molecule has 0 aliphatic rings. The van der Waals surface area contributed by atoms with Gasteiger partial charge in [-0.15, -0.1) is 0 Å². The highest BCUT2D eigenvalue weighted by molar-refractivity contribution is 6.33. The number of carbonyl (C=O) groups is 2. The van der Waals surface area contributed by atoms with Crippen molar-refractivity contribution in [1.82, 2.24) is 5.32 Å². The predicted molar refractivity (Wildman–Crippen MR) is 66.7 cm³/mol. The number of benzene rings is 1. The molecule has 0 saturated heterocycles. The molecular formula is C11H12ClFN2O4. The van der Waals surface area contributed by atoms with Gasteiger partial charge < -0.3 is 20.8 Å². The molecule has 8 heteroatoms. The van der Waals surface area contributed by atoms with Crippen LogP contribution in [0.2, 0.25) is 5.02 Å². The number of halogens is 2. The smallest absolute Gasteiger partial charge is 0.337 e.